The number of benzene rings is 2. The van der Waals surface area contributed by atoms with Crippen molar-refractivity contribution in [3.05, 3.63) is 59.1 Å². The van der Waals surface area contributed by atoms with Gasteiger partial charge in [-0.3, -0.25) is 9.69 Å². The summed E-state index contributed by atoms with van der Waals surface area (Å²) in [6, 6.07) is 11.3. The lowest BCUT2D eigenvalue weighted by Gasteiger charge is -2.34. The smallest absolute Gasteiger partial charge is 0.406 e. The fraction of sp³-hybridized carbons (Fsp3) is 0.350. The zero-order valence-electron chi connectivity index (χ0n) is 16.3. The first kappa shape index (κ1) is 23.4. The lowest BCUT2D eigenvalue weighted by atomic mass is 10.2. The highest BCUT2D eigenvalue weighted by Gasteiger charge is 2.31. The van der Waals surface area contributed by atoms with Gasteiger partial charge in [0.05, 0.1) is 4.90 Å². The van der Waals surface area contributed by atoms with Crippen molar-refractivity contribution in [3.63, 3.8) is 0 Å². The molecule has 1 heterocycles. The minimum absolute atomic E-state index is 0.0434. The van der Waals surface area contributed by atoms with Gasteiger partial charge in [-0.25, -0.2) is 8.42 Å². The van der Waals surface area contributed by atoms with Crippen LogP contribution in [0.3, 0.4) is 0 Å². The van der Waals surface area contributed by atoms with Crippen LogP contribution in [0, 0.1) is 0 Å². The van der Waals surface area contributed by atoms with Crippen molar-refractivity contribution in [3.8, 4) is 5.75 Å². The molecule has 1 aliphatic heterocycles. The molecule has 0 N–H and O–H groups in total. The van der Waals surface area contributed by atoms with Crippen molar-refractivity contribution in [1.29, 1.82) is 0 Å². The normalized spacial score (nSPS) is 15.7. The molecule has 3 rings (SSSR count). The molecule has 2 aromatic carbocycles. The van der Waals surface area contributed by atoms with Crippen LogP contribution >= 0.6 is 11.6 Å². The van der Waals surface area contributed by atoms with E-state index in [1.165, 1.54) is 41.3 Å². The first-order valence-electron chi connectivity index (χ1n) is 9.35. The summed E-state index contributed by atoms with van der Waals surface area (Å²) in [4.78, 5) is 16.1. The minimum atomic E-state index is -4.73. The van der Waals surface area contributed by atoms with Crippen LogP contribution in [0.4, 0.5) is 13.2 Å². The summed E-state index contributed by atoms with van der Waals surface area (Å²) < 4.78 is 65.4. The second-order valence-electron chi connectivity index (χ2n) is 7.06. The highest BCUT2D eigenvalue weighted by Crippen LogP contribution is 2.23. The summed E-state index contributed by atoms with van der Waals surface area (Å²) in [6.07, 6.45) is -4.73. The van der Waals surface area contributed by atoms with Gasteiger partial charge in [-0.1, -0.05) is 23.7 Å². The summed E-state index contributed by atoms with van der Waals surface area (Å²) in [6.45, 7) is 2.27. The number of amides is 1. The van der Waals surface area contributed by atoms with Gasteiger partial charge in [0, 0.05) is 37.7 Å². The molecule has 0 aromatic heterocycles. The number of carbonyl (C=O) groups is 1. The SMILES string of the molecule is O=C(CS(=O)(=O)c1ccc(Cl)cc1)N1CCN(Cc2ccc(OC(F)(F)F)cc2)CC1. The van der Waals surface area contributed by atoms with E-state index in [-0.39, 0.29) is 10.6 Å². The van der Waals surface area contributed by atoms with Crippen LogP contribution < -0.4 is 4.74 Å². The van der Waals surface area contributed by atoms with E-state index in [1.807, 2.05) is 4.90 Å². The molecular formula is C20H20ClF3N2O4S. The summed E-state index contributed by atoms with van der Waals surface area (Å²) in [7, 11) is -3.76. The van der Waals surface area contributed by atoms with Crippen molar-refractivity contribution in [2.45, 2.75) is 17.8 Å². The Morgan fingerprint density at radius 1 is 0.968 bits per heavy atom. The topological polar surface area (TPSA) is 66.9 Å². The third-order valence-corrected chi connectivity index (χ3v) is 6.64. The quantitative estimate of drug-likeness (QED) is 0.639. The highest BCUT2D eigenvalue weighted by molar-refractivity contribution is 7.92. The second kappa shape index (κ2) is 9.46. The van der Waals surface area contributed by atoms with Crippen molar-refractivity contribution < 1.29 is 31.1 Å². The molecule has 0 radical (unpaired) electrons. The van der Waals surface area contributed by atoms with Gasteiger partial charge in [-0.05, 0) is 42.0 Å². The molecule has 1 aliphatic rings. The number of piperazine rings is 1. The fourth-order valence-corrected chi connectivity index (χ4v) is 4.54. The maximum absolute atomic E-state index is 12.5. The zero-order valence-corrected chi connectivity index (χ0v) is 17.9. The molecule has 31 heavy (non-hydrogen) atoms. The van der Waals surface area contributed by atoms with Crippen molar-refractivity contribution >= 4 is 27.3 Å². The number of alkyl halides is 3. The van der Waals surface area contributed by atoms with Crippen molar-refractivity contribution in [2.24, 2.45) is 0 Å². The Bertz CT molecular complexity index is 1000. The highest BCUT2D eigenvalue weighted by atomic mass is 35.5. The Morgan fingerprint density at radius 3 is 2.10 bits per heavy atom. The molecule has 1 fully saturated rings. The molecule has 0 saturated carbocycles. The largest absolute Gasteiger partial charge is 0.573 e. The maximum Gasteiger partial charge on any atom is 0.573 e. The van der Waals surface area contributed by atoms with E-state index >= 15 is 0 Å². The molecule has 6 nitrogen and oxygen atoms in total. The van der Waals surface area contributed by atoms with Gasteiger partial charge in [0.25, 0.3) is 0 Å². The van der Waals surface area contributed by atoms with Crippen LogP contribution in [0.15, 0.2) is 53.4 Å². The number of sulfone groups is 1. The number of halogens is 4. The Morgan fingerprint density at radius 2 is 1.55 bits per heavy atom. The summed E-state index contributed by atoms with van der Waals surface area (Å²) in [5, 5.41) is 0.406. The molecule has 1 saturated heterocycles. The molecule has 0 aliphatic carbocycles. The van der Waals surface area contributed by atoms with Gasteiger partial charge in [0.1, 0.15) is 11.5 Å². The van der Waals surface area contributed by atoms with Crippen LogP contribution in [-0.2, 0) is 21.2 Å². The standard InChI is InChI=1S/C20H20ClF3N2O4S/c21-16-3-7-18(8-4-16)31(28,29)14-19(27)26-11-9-25(10-12-26)13-15-1-5-17(6-2-15)30-20(22,23)24/h1-8H,9-14H2. The van der Waals surface area contributed by atoms with E-state index in [1.54, 1.807) is 12.1 Å². The number of ether oxygens (including phenoxy) is 1. The van der Waals surface area contributed by atoms with Crippen molar-refractivity contribution in [1.82, 2.24) is 9.80 Å². The van der Waals surface area contributed by atoms with Crippen LogP contribution in [0.2, 0.25) is 5.02 Å². The molecule has 0 atom stereocenters. The number of carbonyl (C=O) groups excluding carboxylic acids is 1. The Kier molecular flexibility index (Phi) is 7.13. The molecule has 2 aromatic rings. The third kappa shape index (κ3) is 6.84. The van der Waals surface area contributed by atoms with Crippen LogP contribution in [0.1, 0.15) is 5.56 Å². The van der Waals surface area contributed by atoms with E-state index in [0.29, 0.717) is 37.7 Å². The van der Waals surface area contributed by atoms with Crippen LogP contribution in [-0.4, -0.2) is 62.4 Å². The monoisotopic (exact) mass is 476 g/mol. The zero-order chi connectivity index (χ0) is 22.6. The first-order valence-corrected chi connectivity index (χ1v) is 11.4. The molecular weight excluding hydrogens is 457 g/mol. The van der Waals surface area contributed by atoms with Crippen LogP contribution in [0.5, 0.6) is 5.75 Å². The number of hydrogen-bond donors (Lipinski definition) is 0. The molecule has 1 amide bonds. The van der Waals surface area contributed by atoms with E-state index in [9.17, 15) is 26.4 Å². The van der Waals surface area contributed by atoms with Crippen molar-refractivity contribution in [2.75, 3.05) is 31.9 Å². The maximum atomic E-state index is 12.5. The van der Waals surface area contributed by atoms with Gasteiger partial charge in [-0.15, -0.1) is 13.2 Å². The number of hydrogen-bond acceptors (Lipinski definition) is 5. The second-order valence-corrected chi connectivity index (χ2v) is 9.49. The Hall–Kier alpha value is -2.30. The van der Waals surface area contributed by atoms with Gasteiger partial charge >= 0.3 is 6.36 Å². The minimum Gasteiger partial charge on any atom is -0.406 e. The fourth-order valence-electron chi connectivity index (χ4n) is 3.19. The van der Waals surface area contributed by atoms with E-state index in [0.717, 1.165) is 5.56 Å². The first-order chi connectivity index (χ1) is 14.5. The van der Waals surface area contributed by atoms with Gasteiger partial charge in [0.2, 0.25) is 5.91 Å². The Labute approximate surface area is 183 Å². The molecule has 0 spiro atoms. The average molecular weight is 477 g/mol. The number of nitrogens with zero attached hydrogens (tertiary/aromatic N) is 2. The molecule has 0 unspecified atom stereocenters. The third-order valence-electron chi connectivity index (χ3n) is 4.77. The summed E-state index contributed by atoms with van der Waals surface area (Å²) in [5.41, 5.74) is 0.805. The molecule has 11 heteroatoms. The van der Waals surface area contributed by atoms with Gasteiger partial charge in [-0.2, -0.15) is 0 Å². The average Bonchev–Trinajstić information content (AvgIpc) is 2.69. The van der Waals surface area contributed by atoms with Gasteiger partial charge in [0.15, 0.2) is 9.84 Å². The van der Waals surface area contributed by atoms with Gasteiger partial charge < -0.3 is 9.64 Å². The summed E-state index contributed by atoms with van der Waals surface area (Å²) in [5.74, 6) is -1.37. The number of rotatable bonds is 6. The molecule has 168 valence electrons. The lowest BCUT2D eigenvalue weighted by molar-refractivity contribution is -0.274. The predicted molar refractivity (Wildman–Crippen MR) is 108 cm³/mol. The summed E-state index contributed by atoms with van der Waals surface area (Å²) >= 11 is 5.77. The lowest BCUT2D eigenvalue weighted by Crippen LogP contribution is -2.49. The predicted octanol–water partition coefficient (Wildman–Crippen LogP) is 3.36. The van der Waals surface area contributed by atoms with Crippen LogP contribution in [0.25, 0.3) is 0 Å². The molecule has 0 bridgehead atoms. The van der Waals surface area contributed by atoms with E-state index in [2.05, 4.69) is 4.74 Å². The van der Waals surface area contributed by atoms with E-state index in [4.69, 9.17) is 11.6 Å². The van der Waals surface area contributed by atoms with E-state index < -0.39 is 27.9 Å². The Balaban J connectivity index is 1.50.